The molecule has 0 aliphatic rings. The van der Waals surface area contributed by atoms with Crippen molar-refractivity contribution in [2.75, 3.05) is 10.8 Å². The summed E-state index contributed by atoms with van der Waals surface area (Å²) >= 11 is 0. The molecule has 0 aromatic heterocycles. The van der Waals surface area contributed by atoms with E-state index in [1.54, 1.807) is 55.5 Å². The Morgan fingerprint density at radius 1 is 0.872 bits per heavy atom. The van der Waals surface area contributed by atoms with Crippen molar-refractivity contribution in [3.8, 4) is 0 Å². The Balaban J connectivity index is 2.06. The second-order valence-corrected chi connectivity index (χ2v) is 11.3. The third-order valence-corrected chi connectivity index (χ3v) is 8.49. The van der Waals surface area contributed by atoms with Crippen LogP contribution in [0, 0.1) is 5.82 Å². The summed E-state index contributed by atoms with van der Waals surface area (Å²) < 4.78 is 43.5. The molecule has 3 aromatic carbocycles. The summed E-state index contributed by atoms with van der Waals surface area (Å²) in [4.78, 5) is 28.3. The molecule has 0 heterocycles. The number of hydrogen-bond donors (Lipinski definition) is 1. The zero-order valence-electron chi connectivity index (χ0n) is 22.8. The van der Waals surface area contributed by atoms with Crippen LogP contribution in [0.2, 0.25) is 0 Å². The molecule has 7 nitrogen and oxygen atoms in total. The second kappa shape index (κ2) is 13.4. The third kappa shape index (κ3) is 7.23. The predicted octanol–water partition coefficient (Wildman–Crippen LogP) is 4.92. The van der Waals surface area contributed by atoms with E-state index in [1.165, 1.54) is 23.1 Å². The maximum Gasteiger partial charge on any atom is 0.264 e. The number of benzene rings is 3. The lowest BCUT2D eigenvalue weighted by molar-refractivity contribution is -0.139. The van der Waals surface area contributed by atoms with E-state index in [2.05, 4.69) is 5.32 Å². The number of nitrogens with zero attached hydrogens (tertiary/aromatic N) is 2. The van der Waals surface area contributed by atoms with Crippen molar-refractivity contribution < 1.29 is 22.4 Å². The highest BCUT2D eigenvalue weighted by atomic mass is 32.2. The molecule has 0 aliphatic heterocycles. The molecule has 3 aromatic rings. The molecule has 0 aliphatic carbocycles. The van der Waals surface area contributed by atoms with Crippen LogP contribution < -0.4 is 9.62 Å². The van der Waals surface area contributed by atoms with Crippen molar-refractivity contribution in [3.63, 3.8) is 0 Å². The zero-order chi connectivity index (χ0) is 28.6. The number of aryl methyl sites for hydroxylation is 1. The average molecular weight is 554 g/mol. The Hall–Kier alpha value is -3.72. The number of hydrogen-bond acceptors (Lipinski definition) is 4. The molecular formula is C30H36FN3O4S. The molecule has 39 heavy (non-hydrogen) atoms. The van der Waals surface area contributed by atoms with Crippen LogP contribution in [0.15, 0.2) is 83.8 Å². The highest BCUT2D eigenvalue weighted by molar-refractivity contribution is 7.92. The number of para-hydroxylation sites is 1. The fourth-order valence-electron chi connectivity index (χ4n) is 4.14. The molecule has 3 rings (SSSR count). The van der Waals surface area contributed by atoms with Crippen LogP contribution in [-0.2, 0) is 32.6 Å². The van der Waals surface area contributed by atoms with Crippen LogP contribution in [0.5, 0.6) is 0 Å². The quantitative estimate of drug-likeness (QED) is 0.345. The first-order valence-electron chi connectivity index (χ1n) is 13.1. The molecule has 0 saturated heterocycles. The molecule has 2 amide bonds. The van der Waals surface area contributed by atoms with Crippen molar-refractivity contribution in [1.82, 2.24) is 10.2 Å². The van der Waals surface area contributed by atoms with Gasteiger partial charge in [0.05, 0.1) is 10.6 Å². The summed E-state index contributed by atoms with van der Waals surface area (Å²) in [6.07, 6.45) is 1.23. The lowest BCUT2D eigenvalue weighted by atomic mass is 10.1. The molecule has 0 spiro atoms. The van der Waals surface area contributed by atoms with Crippen molar-refractivity contribution >= 4 is 27.5 Å². The molecule has 1 N–H and O–H groups in total. The Morgan fingerprint density at radius 2 is 1.46 bits per heavy atom. The van der Waals surface area contributed by atoms with Gasteiger partial charge in [-0.15, -0.1) is 0 Å². The van der Waals surface area contributed by atoms with Gasteiger partial charge in [0.1, 0.15) is 18.4 Å². The Kier molecular flexibility index (Phi) is 10.2. The van der Waals surface area contributed by atoms with Crippen LogP contribution in [0.1, 0.15) is 45.2 Å². The number of carbonyl (C=O) groups excluding carboxylic acids is 2. The first-order valence-corrected chi connectivity index (χ1v) is 14.5. The monoisotopic (exact) mass is 553 g/mol. The van der Waals surface area contributed by atoms with E-state index >= 15 is 0 Å². The number of amides is 2. The summed E-state index contributed by atoms with van der Waals surface area (Å²) in [6, 6.07) is 19.8. The van der Waals surface area contributed by atoms with Gasteiger partial charge in [-0.2, -0.15) is 0 Å². The van der Waals surface area contributed by atoms with Crippen LogP contribution in [-0.4, -0.2) is 43.8 Å². The van der Waals surface area contributed by atoms with Gasteiger partial charge in [-0.05, 0) is 56.5 Å². The lowest BCUT2D eigenvalue weighted by Gasteiger charge is -2.33. The summed E-state index contributed by atoms with van der Waals surface area (Å²) in [7, 11) is -4.15. The highest BCUT2D eigenvalue weighted by Gasteiger charge is 2.33. The lowest BCUT2D eigenvalue weighted by Crippen LogP contribution is -2.52. The van der Waals surface area contributed by atoms with E-state index in [9.17, 15) is 22.4 Å². The molecule has 0 fully saturated rings. The van der Waals surface area contributed by atoms with E-state index in [0.717, 1.165) is 9.87 Å². The van der Waals surface area contributed by atoms with Gasteiger partial charge in [0, 0.05) is 18.2 Å². The molecule has 0 bridgehead atoms. The van der Waals surface area contributed by atoms with Crippen LogP contribution in [0.3, 0.4) is 0 Å². The second-order valence-electron chi connectivity index (χ2n) is 9.41. The van der Waals surface area contributed by atoms with Crippen molar-refractivity contribution in [1.29, 1.82) is 0 Å². The normalized spacial score (nSPS) is 12.8. The minimum Gasteiger partial charge on any atom is -0.352 e. The van der Waals surface area contributed by atoms with Gasteiger partial charge in [0.2, 0.25) is 11.8 Å². The van der Waals surface area contributed by atoms with Crippen LogP contribution in [0.4, 0.5) is 10.1 Å². The molecule has 0 unspecified atom stereocenters. The molecule has 2 atom stereocenters. The van der Waals surface area contributed by atoms with Crippen molar-refractivity contribution in [2.24, 2.45) is 0 Å². The molecule has 208 valence electrons. The van der Waals surface area contributed by atoms with Crippen LogP contribution >= 0.6 is 0 Å². The summed E-state index contributed by atoms with van der Waals surface area (Å²) in [5.41, 5.74) is 1.34. The Labute approximate surface area is 230 Å². The largest absolute Gasteiger partial charge is 0.352 e. The minimum atomic E-state index is -4.15. The number of halogens is 1. The van der Waals surface area contributed by atoms with E-state index in [0.29, 0.717) is 18.5 Å². The Bertz CT molecular complexity index is 1380. The fourth-order valence-corrected chi connectivity index (χ4v) is 5.62. The molecule has 0 saturated carbocycles. The maximum absolute atomic E-state index is 14.6. The standard InChI is InChI=1S/C30H36FN3O4S/c1-5-22(3)32-30(36)23(4)33(20-25-15-10-12-18-27(25)31)29(35)21-34(28-19-13-11-14-24(28)6-2)39(37,38)26-16-8-7-9-17-26/h7-19,22-23H,5-6,20-21H2,1-4H3,(H,32,36)/t22-,23-/m1/s1. The van der Waals surface area contributed by atoms with Gasteiger partial charge in [0.15, 0.2) is 0 Å². The first kappa shape index (κ1) is 29.8. The van der Waals surface area contributed by atoms with Gasteiger partial charge in [0.25, 0.3) is 10.0 Å². The fraction of sp³-hybridized carbons (Fsp3) is 0.333. The number of rotatable bonds is 12. The molecule has 0 radical (unpaired) electrons. The molecular weight excluding hydrogens is 517 g/mol. The smallest absolute Gasteiger partial charge is 0.264 e. The van der Waals surface area contributed by atoms with Gasteiger partial charge in [-0.25, -0.2) is 12.8 Å². The number of carbonyl (C=O) groups is 2. The first-order chi connectivity index (χ1) is 18.6. The van der Waals surface area contributed by atoms with Crippen molar-refractivity contribution in [2.45, 2.75) is 64.1 Å². The minimum absolute atomic E-state index is 0.0342. The average Bonchev–Trinajstić information content (AvgIpc) is 2.95. The molecule has 9 heteroatoms. The summed E-state index contributed by atoms with van der Waals surface area (Å²) in [6.45, 7) is 6.48. The summed E-state index contributed by atoms with van der Waals surface area (Å²) in [5, 5.41) is 2.87. The topological polar surface area (TPSA) is 86.8 Å². The SMILES string of the molecule is CCc1ccccc1N(CC(=O)N(Cc1ccccc1F)[C@H](C)C(=O)N[C@H](C)CC)S(=O)(=O)c1ccccc1. The number of nitrogens with one attached hydrogen (secondary N) is 1. The van der Waals surface area contributed by atoms with E-state index in [1.807, 2.05) is 32.9 Å². The zero-order valence-corrected chi connectivity index (χ0v) is 23.6. The predicted molar refractivity (Wildman–Crippen MR) is 151 cm³/mol. The van der Waals surface area contributed by atoms with E-state index in [-0.39, 0.29) is 23.0 Å². The highest BCUT2D eigenvalue weighted by Crippen LogP contribution is 2.28. The van der Waals surface area contributed by atoms with Crippen molar-refractivity contribution in [3.05, 3.63) is 95.8 Å². The van der Waals surface area contributed by atoms with E-state index < -0.39 is 40.2 Å². The number of anilines is 1. The third-order valence-electron chi connectivity index (χ3n) is 6.72. The Morgan fingerprint density at radius 3 is 2.08 bits per heavy atom. The van der Waals surface area contributed by atoms with Crippen LogP contribution in [0.25, 0.3) is 0 Å². The van der Waals surface area contributed by atoms with Gasteiger partial charge in [-0.1, -0.05) is 68.4 Å². The van der Waals surface area contributed by atoms with Gasteiger partial charge in [-0.3, -0.25) is 13.9 Å². The maximum atomic E-state index is 14.6. The van der Waals surface area contributed by atoms with Gasteiger partial charge >= 0.3 is 0 Å². The van der Waals surface area contributed by atoms with Gasteiger partial charge < -0.3 is 10.2 Å². The number of sulfonamides is 1. The summed E-state index contributed by atoms with van der Waals surface area (Å²) in [5.74, 6) is -1.55. The van der Waals surface area contributed by atoms with E-state index in [4.69, 9.17) is 0 Å².